The maximum Gasteiger partial charge on any atom is 0.237 e. The first-order chi connectivity index (χ1) is 8.60. The van der Waals surface area contributed by atoms with Crippen LogP contribution in [0.1, 0.15) is 45.2 Å². The minimum atomic E-state index is -0.423. The van der Waals surface area contributed by atoms with Gasteiger partial charge in [-0.15, -0.1) is 0 Å². The summed E-state index contributed by atoms with van der Waals surface area (Å²) in [5.74, 6) is 0.151. The van der Waals surface area contributed by atoms with Gasteiger partial charge >= 0.3 is 0 Å². The highest BCUT2D eigenvalue weighted by atomic mass is 16.2. The lowest BCUT2D eigenvalue weighted by Gasteiger charge is -2.23. The second-order valence-corrected chi connectivity index (χ2v) is 4.79. The highest BCUT2D eigenvalue weighted by molar-refractivity contribution is 5.82. The number of nitrogens with one attached hydrogen (secondary N) is 1. The molecule has 0 aliphatic heterocycles. The Bertz CT molecular complexity index is 364. The van der Waals surface area contributed by atoms with Crippen LogP contribution in [0.3, 0.4) is 0 Å². The van der Waals surface area contributed by atoms with E-state index in [0.29, 0.717) is 0 Å². The molecule has 100 valence electrons. The smallest absolute Gasteiger partial charge is 0.237 e. The molecule has 1 aromatic carbocycles. The number of amides is 1. The Balaban J connectivity index is 2.67. The van der Waals surface area contributed by atoms with Crippen LogP contribution in [0.25, 0.3) is 0 Å². The van der Waals surface area contributed by atoms with Crippen LogP contribution >= 0.6 is 0 Å². The van der Waals surface area contributed by atoms with Gasteiger partial charge in [-0.25, -0.2) is 0 Å². The van der Waals surface area contributed by atoms with Crippen LogP contribution < -0.4 is 11.1 Å². The van der Waals surface area contributed by atoms with Crippen molar-refractivity contribution < 1.29 is 4.79 Å². The molecule has 0 aromatic heterocycles. The summed E-state index contributed by atoms with van der Waals surface area (Å²) in [7, 11) is 0. The fourth-order valence-corrected chi connectivity index (χ4v) is 1.89. The highest BCUT2D eigenvalue weighted by Crippen LogP contribution is 2.16. The van der Waals surface area contributed by atoms with Gasteiger partial charge in [0, 0.05) is 0 Å². The maximum atomic E-state index is 12.0. The van der Waals surface area contributed by atoms with Gasteiger partial charge in [0.05, 0.1) is 12.1 Å². The maximum absolute atomic E-state index is 12.0. The molecule has 18 heavy (non-hydrogen) atoms. The van der Waals surface area contributed by atoms with E-state index in [9.17, 15) is 4.79 Å². The zero-order valence-corrected chi connectivity index (χ0v) is 11.5. The molecule has 0 unspecified atom stereocenters. The van der Waals surface area contributed by atoms with Gasteiger partial charge in [0.2, 0.25) is 5.91 Å². The van der Waals surface area contributed by atoms with E-state index in [2.05, 4.69) is 12.2 Å². The quantitative estimate of drug-likeness (QED) is 0.813. The average Bonchev–Trinajstić information content (AvgIpc) is 2.43. The molecule has 0 saturated carbocycles. The van der Waals surface area contributed by atoms with Gasteiger partial charge in [-0.05, 0) is 17.9 Å². The first-order valence-corrected chi connectivity index (χ1v) is 6.71. The van der Waals surface area contributed by atoms with Gasteiger partial charge in [-0.2, -0.15) is 0 Å². The van der Waals surface area contributed by atoms with Crippen molar-refractivity contribution in [3.05, 3.63) is 35.9 Å². The number of hydrogen-bond acceptors (Lipinski definition) is 2. The fraction of sp³-hybridized carbons (Fsp3) is 0.533. The SMILES string of the molecule is CC[C@@H](C)[C@H](N)C(=O)N[C@H](CC)c1ccccc1. The molecular weight excluding hydrogens is 224 g/mol. The van der Waals surface area contributed by atoms with E-state index in [-0.39, 0.29) is 17.9 Å². The largest absolute Gasteiger partial charge is 0.348 e. The molecule has 1 amide bonds. The molecule has 3 heteroatoms. The third-order valence-corrected chi connectivity index (χ3v) is 3.49. The average molecular weight is 248 g/mol. The topological polar surface area (TPSA) is 55.1 Å². The normalized spacial score (nSPS) is 15.8. The van der Waals surface area contributed by atoms with Crippen molar-refractivity contribution in [3.8, 4) is 0 Å². The van der Waals surface area contributed by atoms with Crippen molar-refractivity contribution in [2.24, 2.45) is 11.7 Å². The first kappa shape index (κ1) is 14.7. The fourth-order valence-electron chi connectivity index (χ4n) is 1.89. The molecule has 1 aromatic rings. The molecule has 1 rings (SSSR count). The Kier molecular flexibility index (Phi) is 5.86. The Morgan fingerprint density at radius 2 is 1.83 bits per heavy atom. The Hall–Kier alpha value is -1.35. The summed E-state index contributed by atoms with van der Waals surface area (Å²) in [5.41, 5.74) is 7.07. The summed E-state index contributed by atoms with van der Waals surface area (Å²) >= 11 is 0. The molecule has 0 radical (unpaired) electrons. The lowest BCUT2D eigenvalue weighted by molar-refractivity contribution is -0.124. The van der Waals surface area contributed by atoms with E-state index < -0.39 is 6.04 Å². The van der Waals surface area contributed by atoms with Crippen molar-refractivity contribution in [2.45, 2.75) is 45.7 Å². The second kappa shape index (κ2) is 7.17. The Labute approximate surface area is 110 Å². The number of rotatable bonds is 6. The minimum absolute atomic E-state index is 0.0498. The molecule has 0 spiro atoms. The third-order valence-electron chi connectivity index (χ3n) is 3.49. The molecule has 0 aliphatic rings. The number of nitrogens with two attached hydrogens (primary N) is 1. The monoisotopic (exact) mass is 248 g/mol. The van der Waals surface area contributed by atoms with Crippen molar-refractivity contribution >= 4 is 5.91 Å². The standard InChI is InChI=1S/C15H24N2O/c1-4-11(3)14(16)15(18)17-13(5-2)12-9-7-6-8-10-12/h6-11,13-14H,4-5,16H2,1-3H3,(H,17,18)/t11-,13-,14+/m1/s1. The third kappa shape index (κ3) is 3.84. The van der Waals surface area contributed by atoms with Gasteiger partial charge < -0.3 is 11.1 Å². The van der Waals surface area contributed by atoms with E-state index in [1.165, 1.54) is 0 Å². The van der Waals surface area contributed by atoms with Crippen molar-refractivity contribution in [1.82, 2.24) is 5.32 Å². The molecular formula is C15H24N2O. The van der Waals surface area contributed by atoms with Gasteiger partial charge in [0.15, 0.2) is 0 Å². The predicted molar refractivity (Wildman–Crippen MR) is 75.0 cm³/mol. The lowest BCUT2D eigenvalue weighted by atomic mass is 9.98. The lowest BCUT2D eigenvalue weighted by Crippen LogP contribution is -2.45. The van der Waals surface area contributed by atoms with Crippen LogP contribution in [0.5, 0.6) is 0 Å². The summed E-state index contributed by atoms with van der Waals surface area (Å²) < 4.78 is 0. The van der Waals surface area contributed by atoms with Crippen LogP contribution in [0.2, 0.25) is 0 Å². The van der Waals surface area contributed by atoms with Crippen LogP contribution in [-0.2, 0) is 4.79 Å². The number of hydrogen-bond donors (Lipinski definition) is 2. The van der Waals surface area contributed by atoms with E-state index in [0.717, 1.165) is 18.4 Å². The van der Waals surface area contributed by atoms with E-state index >= 15 is 0 Å². The van der Waals surface area contributed by atoms with Crippen molar-refractivity contribution in [1.29, 1.82) is 0 Å². The molecule has 3 atom stereocenters. The first-order valence-electron chi connectivity index (χ1n) is 6.71. The summed E-state index contributed by atoms with van der Waals surface area (Å²) in [4.78, 5) is 12.0. The zero-order chi connectivity index (χ0) is 13.5. The van der Waals surface area contributed by atoms with Gasteiger partial charge in [-0.1, -0.05) is 57.5 Å². The highest BCUT2D eigenvalue weighted by Gasteiger charge is 2.22. The Morgan fingerprint density at radius 3 is 2.33 bits per heavy atom. The summed E-state index contributed by atoms with van der Waals surface area (Å²) in [6.07, 6.45) is 1.78. The predicted octanol–water partition coefficient (Wildman–Crippen LogP) is 2.63. The van der Waals surface area contributed by atoms with Crippen molar-refractivity contribution in [3.63, 3.8) is 0 Å². The minimum Gasteiger partial charge on any atom is -0.348 e. The Morgan fingerprint density at radius 1 is 1.22 bits per heavy atom. The molecule has 0 bridgehead atoms. The molecule has 0 fully saturated rings. The molecule has 0 heterocycles. The van der Waals surface area contributed by atoms with Crippen LogP contribution in [0.4, 0.5) is 0 Å². The van der Waals surface area contributed by atoms with Crippen LogP contribution in [-0.4, -0.2) is 11.9 Å². The van der Waals surface area contributed by atoms with E-state index in [4.69, 9.17) is 5.73 Å². The summed E-state index contributed by atoms with van der Waals surface area (Å²) in [5, 5.41) is 3.03. The van der Waals surface area contributed by atoms with Crippen LogP contribution in [0.15, 0.2) is 30.3 Å². The molecule has 3 N–H and O–H groups in total. The molecule has 0 saturated heterocycles. The number of carbonyl (C=O) groups excluding carboxylic acids is 1. The second-order valence-electron chi connectivity index (χ2n) is 4.79. The van der Waals surface area contributed by atoms with Gasteiger partial charge in [-0.3, -0.25) is 4.79 Å². The molecule has 3 nitrogen and oxygen atoms in total. The van der Waals surface area contributed by atoms with E-state index in [1.807, 2.05) is 44.2 Å². The number of benzene rings is 1. The van der Waals surface area contributed by atoms with Crippen LogP contribution in [0, 0.1) is 5.92 Å². The van der Waals surface area contributed by atoms with Crippen molar-refractivity contribution in [2.75, 3.05) is 0 Å². The summed E-state index contributed by atoms with van der Waals surface area (Å²) in [6, 6.07) is 9.63. The zero-order valence-electron chi connectivity index (χ0n) is 11.5. The van der Waals surface area contributed by atoms with Gasteiger partial charge in [0.1, 0.15) is 0 Å². The summed E-state index contributed by atoms with van der Waals surface area (Å²) in [6.45, 7) is 6.12. The van der Waals surface area contributed by atoms with E-state index in [1.54, 1.807) is 0 Å². The van der Waals surface area contributed by atoms with Gasteiger partial charge in [0.25, 0.3) is 0 Å². The molecule has 0 aliphatic carbocycles. The number of carbonyl (C=O) groups is 1.